The van der Waals surface area contributed by atoms with E-state index in [0.717, 1.165) is 23.5 Å². The Morgan fingerprint density at radius 1 is 1.20 bits per heavy atom. The van der Waals surface area contributed by atoms with Crippen LogP contribution in [0.2, 0.25) is 0 Å². The van der Waals surface area contributed by atoms with Gasteiger partial charge in [0.05, 0.1) is 30.5 Å². The average molecular weight is 433 g/mol. The lowest BCUT2D eigenvalue weighted by Crippen LogP contribution is -2.25. The Balaban J connectivity index is 1.48. The summed E-state index contributed by atoms with van der Waals surface area (Å²) in [6.45, 7) is -0.0265. The highest BCUT2D eigenvalue weighted by Gasteiger charge is 2.30. The Labute approximate surface area is 173 Å². The van der Waals surface area contributed by atoms with Crippen LogP contribution in [0.3, 0.4) is 0 Å². The van der Waals surface area contributed by atoms with Crippen LogP contribution >= 0.6 is 11.3 Å². The number of nitrogens with one attached hydrogen (secondary N) is 2. The third kappa shape index (κ3) is 5.96. The molecule has 3 rings (SSSR count). The molecule has 0 spiro atoms. The van der Waals surface area contributed by atoms with E-state index in [4.69, 9.17) is 4.42 Å². The number of alkyl halides is 3. The van der Waals surface area contributed by atoms with Crippen LogP contribution in [-0.2, 0) is 17.4 Å². The fourth-order valence-electron chi connectivity index (χ4n) is 2.30. The Morgan fingerprint density at radius 3 is 2.77 bits per heavy atom. The van der Waals surface area contributed by atoms with Crippen LogP contribution in [0.25, 0.3) is 0 Å². The number of carbonyl (C=O) groups is 2. The number of amides is 2. The molecule has 2 heterocycles. The van der Waals surface area contributed by atoms with E-state index >= 15 is 0 Å². The van der Waals surface area contributed by atoms with Crippen molar-refractivity contribution in [3.63, 3.8) is 0 Å². The van der Waals surface area contributed by atoms with Crippen molar-refractivity contribution in [3.8, 4) is 11.8 Å². The van der Waals surface area contributed by atoms with Crippen LogP contribution in [0, 0.1) is 11.8 Å². The quantitative estimate of drug-likeness (QED) is 0.601. The van der Waals surface area contributed by atoms with Gasteiger partial charge in [-0.2, -0.15) is 13.2 Å². The van der Waals surface area contributed by atoms with Crippen LogP contribution in [0.5, 0.6) is 0 Å². The highest BCUT2D eigenvalue weighted by Crippen LogP contribution is 2.29. The van der Waals surface area contributed by atoms with Crippen LogP contribution in [0.15, 0.2) is 52.5 Å². The number of hydrogen-bond donors (Lipinski definition) is 2. The van der Waals surface area contributed by atoms with E-state index in [1.54, 1.807) is 11.4 Å². The number of furan rings is 1. The second-order valence-corrected chi connectivity index (χ2v) is 6.77. The van der Waals surface area contributed by atoms with Gasteiger partial charge < -0.3 is 9.73 Å². The molecule has 10 heteroatoms. The first-order valence-corrected chi connectivity index (χ1v) is 9.41. The van der Waals surface area contributed by atoms with Gasteiger partial charge in [0.1, 0.15) is 0 Å². The van der Waals surface area contributed by atoms with E-state index in [-0.39, 0.29) is 30.2 Å². The monoisotopic (exact) mass is 433 g/mol. The van der Waals surface area contributed by atoms with Gasteiger partial charge in [-0.1, -0.05) is 17.9 Å². The number of rotatable bonds is 5. The normalized spacial score (nSPS) is 10.8. The smallest absolute Gasteiger partial charge is 0.416 e. The lowest BCUT2D eigenvalue weighted by Gasteiger charge is -2.05. The fourth-order valence-corrected chi connectivity index (χ4v) is 3.01. The molecular formula is C20H14F3N3O3S. The number of halogens is 3. The number of anilines is 1. The molecule has 0 aliphatic heterocycles. The van der Waals surface area contributed by atoms with Gasteiger partial charge in [0.25, 0.3) is 5.91 Å². The minimum atomic E-state index is -4.43. The number of benzene rings is 1. The maximum absolute atomic E-state index is 12.7. The Kier molecular flexibility index (Phi) is 6.54. The Hall–Kier alpha value is -3.58. The molecule has 30 heavy (non-hydrogen) atoms. The predicted octanol–water partition coefficient (Wildman–Crippen LogP) is 3.72. The molecule has 0 saturated carbocycles. The molecule has 0 bridgehead atoms. The van der Waals surface area contributed by atoms with E-state index in [2.05, 4.69) is 27.5 Å². The lowest BCUT2D eigenvalue weighted by molar-refractivity contribution is -0.137. The van der Waals surface area contributed by atoms with E-state index in [0.29, 0.717) is 10.8 Å². The number of thiazole rings is 1. The number of hydrogen-bond acceptors (Lipinski definition) is 5. The second-order valence-electron chi connectivity index (χ2n) is 5.91. The first kappa shape index (κ1) is 21.1. The van der Waals surface area contributed by atoms with Crippen molar-refractivity contribution in [2.75, 3.05) is 11.9 Å². The van der Waals surface area contributed by atoms with Crippen molar-refractivity contribution in [1.82, 2.24) is 10.3 Å². The highest BCUT2D eigenvalue weighted by molar-refractivity contribution is 7.14. The van der Waals surface area contributed by atoms with Gasteiger partial charge in [0, 0.05) is 10.9 Å². The largest absolute Gasteiger partial charge is 0.459 e. The van der Waals surface area contributed by atoms with Crippen molar-refractivity contribution in [2.24, 2.45) is 0 Å². The van der Waals surface area contributed by atoms with Crippen molar-refractivity contribution in [3.05, 3.63) is 70.6 Å². The molecule has 0 aliphatic carbocycles. The summed E-state index contributed by atoms with van der Waals surface area (Å²) in [5, 5.41) is 7.06. The van der Waals surface area contributed by atoms with Crippen molar-refractivity contribution < 1.29 is 27.2 Å². The Bertz CT molecular complexity index is 1100. The zero-order valence-corrected chi connectivity index (χ0v) is 16.1. The van der Waals surface area contributed by atoms with Crippen molar-refractivity contribution in [2.45, 2.75) is 12.6 Å². The third-order valence-electron chi connectivity index (χ3n) is 3.66. The molecular weight excluding hydrogens is 419 g/mol. The lowest BCUT2D eigenvalue weighted by atomic mass is 10.1. The van der Waals surface area contributed by atoms with Crippen molar-refractivity contribution in [1.29, 1.82) is 0 Å². The van der Waals surface area contributed by atoms with E-state index in [1.807, 2.05) is 0 Å². The fraction of sp³-hybridized carbons (Fsp3) is 0.150. The number of aromatic nitrogens is 1. The van der Waals surface area contributed by atoms with Crippen LogP contribution in [-0.4, -0.2) is 23.3 Å². The minimum Gasteiger partial charge on any atom is -0.459 e. The number of carbonyl (C=O) groups excluding carboxylic acids is 2. The van der Waals surface area contributed by atoms with E-state index < -0.39 is 17.6 Å². The maximum Gasteiger partial charge on any atom is 0.416 e. The molecule has 2 aromatic heterocycles. The summed E-state index contributed by atoms with van der Waals surface area (Å²) in [5.74, 6) is 4.53. The van der Waals surface area contributed by atoms with Gasteiger partial charge in [0.15, 0.2) is 10.9 Å². The zero-order chi connectivity index (χ0) is 21.6. The van der Waals surface area contributed by atoms with Gasteiger partial charge in [-0.05, 0) is 30.3 Å². The first-order valence-electron chi connectivity index (χ1n) is 8.53. The van der Waals surface area contributed by atoms with E-state index in [1.165, 1.54) is 24.5 Å². The second kappa shape index (κ2) is 9.28. The molecule has 6 nitrogen and oxygen atoms in total. The topological polar surface area (TPSA) is 84.2 Å². The van der Waals surface area contributed by atoms with Gasteiger partial charge in [0.2, 0.25) is 5.91 Å². The summed E-state index contributed by atoms with van der Waals surface area (Å²) in [7, 11) is 0. The standard InChI is InChI=1S/C20H14F3N3O3S/c21-20(22,23)14-6-1-4-13(10-14)5-2-8-24-17(27)11-15-12-30-19(25-15)26-18(28)16-7-3-9-29-16/h1,3-4,6-7,9-10,12H,8,11H2,(H,24,27)(H,25,26,28). The third-order valence-corrected chi connectivity index (χ3v) is 4.46. The van der Waals surface area contributed by atoms with Gasteiger partial charge >= 0.3 is 6.18 Å². The first-order chi connectivity index (χ1) is 14.3. The molecule has 0 radical (unpaired) electrons. The molecule has 154 valence electrons. The highest BCUT2D eigenvalue weighted by atomic mass is 32.1. The minimum absolute atomic E-state index is 0.0265. The summed E-state index contributed by atoms with van der Waals surface area (Å²) in [4.78, 5) is 28.0. The Morgan fingerprint density at radius 2 is 2.03 bits per heavy atom. The van der Waals surface area contributed by atoms with Gasteiger partial charge in [-0.15, -0.1) is 11.3 Å². The zero-order valence-electron chi connectivity index (χ0n) is 15.2. The molecule has 2 N–H and O–H groups in total. The molecule has 1 aromatic carbocycles. The maximum atomic E-state index is 12.7. The van der Waals surface area contributed by atoms with E-state index in [9.17, 15) is 22.8 Å². The predicted molar refractivity (Wildman–Crippen MR) is 104 cm³/mol. The van der Waals surface area contributed by atoms with Crippen molar-refractivity contribution >= 4 is 28.3 Å². The van der Waals surface area contributed by atoms with Gasteiger partial charge in [-0.3, -0.25) is 14.9 Å². The summed E-state index contributed by atoms with van der Waals surface area (Å²) in [6.07, 6.45) is -3.09. The SMILES string of the molecule is O=C(Cc1csc(NC(=O)c2ccco2)n1)NCC#Cc1cccc(C(F)(F)F)c1. The summed E-state index contributed by atoms with van der Waals surface area (Å²) >= 11 is 1.16. The average Bonchev–Trinajstić information content (AvgIpc) is 3.37. The summed E-state index contributed by atoms with van der Waals surface area (Å²) in [6, 6.07) is 7.74. The van der Waals surface area contributed by atoms with Gasteiger partial charge in [-0.25, -0.2) is 4.98 Å². The molecule has 0 saturated heterocycles. The molecule has 3 aromatic rings. The molecule has 0 atom stereocenters. The molecule has 0 aliphatic rings. The van der Waals surface area contributed by atoms with Crippen LogP contribution < -0.4 is 10.6 Å². The summed E-state index contributed by atoms with van der Waals surface area (Å²) < 4.78 is 43.0. The number of nitrogens with zero attached hydrogens (tertiary/aromatic N) is 1. The van der Waals surface area contributed by atoms with Crippen LogP contribution in [0.4, 0.5) is 18.3 Å². The molecule has 2 amide bonds. The molecule has 0 unspecified atom stereocenters. The van der Waals surface area contributed by atoms with Crippen LogP contribution in [0.1, 0.15) is 27.4 Å². The molecule has 0 fully saturated rings. The summed E-state index contributed by atoms with van der Waals surface area (Å²) in [5.41, 5.74) is -0.120.